The maximum Gasteiger partial charge on any atom is 0.243 e. The zero-order valence-corrected chi connectivity index (χ0v) is 14.2. The molecular weight excluding hydrogens is 357 g/mol. The molecule has 1 heterocycles. The third-order valence-corrected chi connectivity index (χ3v) is 4.84. The van der Waals surface area contributed by atoms with Crippen LogP contribution in [0.1, 0.15) is 13.3 Å². The highest BCUT2D eigenvalue weighted by molar-refractivity contribution is 7.89. The van der Waals surface area contributed by atoms with E-state index in [0.717, 1.165) is 24.3 Å². The van der Waals surface area contributed by atoms with Crippen molar-refractivity contribution in [3.8, 4) is 0 Å². The van der Waals surface area contributed by atoms with Crippen LogP contribution in [-0.2, 0) is 14.8 Å². The Morgan fingerprint density at radius 1 is 1.29 bits per heavy atom. The molecule has 9 heteroatoms. The third-order valence-electron chi connectivity index (χ3n) is 3.12. The molecule has 0 saturated carbocycles. The molecule has 2 N–H and O–H groups in total. The van der Waals surface area contributed by atoms with E-state index in [2.05, 4.69) is 15.0 Å². The Kier molecular flexibility index (Phi) is 5.87. The molecule has 6 nitrogen and oxygen atoms in total. The number of carbonyl (C=O) groups excluding carboxylic acids is 1. The molecule has 128 valence electrons. The molecule has 24 heavy (non-hydrogen) atoms. The largest absolute Gasteiger partial charge is 0.309 e. The zero-order chi connectivity index (χ0) is 17.7. The normalized spacial score (nSPS) is 12.6. The molecule has 1 aromatic carbocycles. The van der Waals surface area contributed by atoms with Gasteiger partial charge in [0.1, 0.15) is 17.7 Å². The first-order valence-electron chi connectivity index (χ1n) is 7.02. The predicted octanol–water partition coefficient (Wildman–Crippen LogP) is 2.57. The molecule has 0 fully saturated rings. The van der Waals surface area contributed by atoms with Crippen LogP contribution in [0.2, 0.25) is 5.02 Å². The number of hydrogen-bond donors (Lipinski definition) is 2. The maximum atomic E-state index is 12.9. The van der Waals surface area contributed by atoms with Gasteiger partial charge in [-0.05, 0) is 42.8 Å². The lowest BCUT2D eigenvalue weighted by atomic mass is 10.2. The van der Waals surface area contributed by atoms with E-state index < -0.39 is 27.8 Å². The molecule has 0 bridgehead atoms. The first kappa shape index (κ1) is 18.3. The number of carbonyl (C=O) groups is 1. The van der Waals surface area contributed by atoms with E-state index in [1.807, 2.05) is 0 Å². The van der Waals surface area contributed by atoms with Crippen LogP contribution in [0.15, 0.2) is 47.5 Å². The summed E-state index contributed by atoms with van der Waals surface area (Å²) >= 11 is 5.81. The summed E-state index contributed by atoms with van der Waals surface area (Å²) in [6.07, 6.45) is 1.63. The van der Waals surface area contributed by atoms with Gasteiger partial charge in [-0.3, -0.25) is 4.79 Å². The van der Waals surface area contributed by atoms with Crippen molar-refractivity contribution in [3.05, 3.63) is 53.4 Å². The molecule has 0 saturated heterocycles. The summed E-state index contributed by atoms with van der Waals surface area (Å²) in [5.41, 5.74) is 0. The van der Waals surface area contributed by atoms with Gasteiger partial charge in [0.2, 0.25) is 15.9 Å². The van der Waals surface area contributed by atoms with Crippen molar-refractivity contribution >= 4 is 33.3 Å². The number of nitrogens with one attached hydrogen (secondary N) is 2. The van der Waals surface area contributed by atoms with Crippen molar-refractivity contribution in [2.45, 2.75) is 24.3 Å². The molecule has 0 aliphatic carbocycles. The molecule has 0 aliphatic rings. The highest BCUT2D eigenvalue weighted by Crippen LogP contribution is 2.14. The number of rotatable bonds is 6. The summed E-state index contributed by atoms with van der Waals surface area (Å²) in [5, 5.41) is 2.88. The van der Waals surface area contributed by atoms with Crippen LogP contribution < -0.4 is 10.0 Å². The van der Waals surface area contributed by atoms with Gasteiger partial charge in [0.05, 0.1) is 4.90 Å². The van der Waals surface area contributed by atoms with Gasteiger partial charge in [-0.15, -0.1) is 0 Å². The van der Waals surface area contributed by atoms with Crippen LogP contribution in [0.4, 0.5) is 10.2 Å². The van der Waals surface area contributed by atoms with E-state index in [9.17, 15) is 17.6 Å². The molecule has 1 amide bonds. The minimum atomic E-state index is -3.96. The topological polar surface area (TPSA) is 88.2 Å². The van der Waals surface area contributed by atoms with E-state index in [1.54, 1.807) is 13.0 Å². The third kappa shape index (κ3) is 4.73. The second-order valence-electron chi connectivity index (χ2n) is 4.88. The molecule has 2 rings (SSSR count). The van der Waals surface area contributed by atoms with E-state index in [1.165, 1.54) is 12.3 Å². The van der Waals surface area contributed by atoms with Crippen LogP contribution in [0, 0.1) is 5.82 Å². The van der Waals surface area contributed by atoms with E-state index >= 15 is 0 Å². The lowest BCUT2D eigenvalue weighted by Gasteiger charge is -2.16. The quantitative estimate of drug-likeness (QED) is 0.816. The minimum absolute atomic E-state index is 0.129. The fourth-order valence-electron chi connectivity index (χ4n) is 1.88. The van der Waals surface area contributed by atoms with Crippen molar-refractivity contribution in [2.75, 3.05) is 5.32 Å². The minimum Gasteiger partial charge on any atom is -0.309 e. The van der Waals surface area contributed by atoms with Gasteiger partial charge in [0, 0.05) is 11.2 Å². The highest BCUT2D eigenvalue weighted by atomic mass is 35.5. The maximum absolute atomic E-state index is 12.9. The Morgan fingerprint density at radius 3 is 2.54 bits per heavy atom. The number of benzene rings is 1. The summed E-state index contributed by atoms with van der Waals surface area (Å²) in [6.45, 7) is 1.66. The Bertz CT molecular complexity index is 828. The highest BCUT2D eigenvalue weighted by Gasteiger charge is 2.24. The Balaban J connectivity index is 2.13. The van der Waals surface area contributed by atoms with Crippen LogP contribution >= 0.6 is 11.6 Å². The summed E-state index contributed by atoms with van der Waals surface area (Å²) in [5.74, 6) is -0.907. The summed E-state index contributed by atoms with van der Waals surface area (Å²) in [7, 11) is -3.96. The molecular formula is C15H15ClFN3O3S. The molecule has 2 aromatic rings. The van der Waals surface area contributed by atoms with Gasteiger partial charge < -0.3 is 5.32 Å². The van der Waals surface area contributed by atoms with E-state index in [4.69, 9.17) is 11.6 Å². The van der Waals surface area contributed by atoms with Crippen LogP contribution in [0.3, 0.4) is 0 Å². The molecule has 1 aromatic heterocycles. The standard InChI is InChI=1S/C15H15ClFN3O3S/c1-2-13(15(21)19-14-9-10(16)7-8-18-14)20-24(22,23)12-5-3-11(17)4-6-12/h3-9,13,20H,2H2,1H3,(H,18,19,21). The zero-order valence-electron chi connectivity index (χ0n) is 12.7. The fraction of sp³-hybridized carbons (Fsp3) is 0.200. The van der Waals surface area contributed by atoms with Crippen LogP contribution in [0.5, 0.6) is 0 Å². The second-order valence-corrected chi connectivity index (χ2v) is 7.04. The molecule has 1 unspecified atom stereocenters. The molecule has 0 spiro atoms. The van der Waals surface area contributed by atoms with Crippen LogP contribution in [-0.4, -0.2) is 25.4 Å². The second kappa shape index (κ2) is 7.69. The molecule has 1 atom stereocenters. The van der Waals surface area contributed by atoms with Crippen molar-refractivity contribution in [2.24, 2.45) is 0 Å². The average molecular weight is 372 g/mol. The molecule has 0 radical (unpaired) electrons. The SMILES string of the molecule is CCC(NS(=O)(=O)c1ccc(F)cc1)C(=O)Nc1cc(Cl)ccn1. The number of pyridine rings is 1. The van der Waals surface area contributed by atoms with Gasteiger partial charge in [-0.25, -0.2) is 17.8 Å². The van der Waals surface area contributed by atoms with Gasteiger partial charge in [0.15, 0.2) is 0 Å². The summed E-state index contributed by atoms with van der Waals surface area (Å²) in [4.78, 5) is 16.0. The monoisotopic (exact) mass is 371 g/mol. The number of hydrogen-bond acceptors (Lipinski definition) is 4. The predicted molar refractivity (Wildman–Crippen MR) is 88.7 cm³/mol. The van der Waals surface area contributed by atoms with Gasteiger partial charge >= 0.3 is 0 Å². The number of aromatic nitrogens is 1. The number of amides is 1. The van der Waals surface area contributed by atoms with Crippen molar-refractivity contribution in [1.82, 2.24) is 9.71 Å². The van der Waals surface area contributed by atoms with E-state index in [0.29, 0.717) is 5.02 Å². The Labute approximate surface area is 144 Å². The van der Waals surface area contributed by atoms with E-state index in [-0.39, 0.29) is 17.1 Å². The number of nitrogens with zero attached hydrogens (tertiary/aromatic N) is 1. The van der Waals surface area contributed by atoms with Crippen LogP contribution in [0.25, 0.3) is 0 Å². The fourth-order valence-corrected chi connectivity index (χ4v) is 3.32. The van der Waals surface area contributed by atoms with Gasteiger partial charge in [-0.2, -0.15) is 4.72 Å². The van der Waals surface area contributed by atoms with Crippen molar-refractivity contribution in [1.29, 1.82) is 0 Å². The first-order valence-corrected chi connectivity index (χ1v) is 8.88. The Hall–Kier alpha value is -2.03. The Morgan fingerprint density at radius 2 is 1.96 bits per heavy atom. The molecule has 0 aliphatic heterocycles. The summed E-state index contributed by atoms with van der Waals surface area (Å²) < 4.78 is 39.7. The lowest BCUT2D eigenvalue weighted by molar-refractivity contribution is -0.117. The number of anilines is 1. The summed E-state index contributed by atoms with van der Waals surface area (Å²) in [6, 6.07) is 6.30. The van der Waals surface area contributed by atoms with Gasteiger partial charge in [0.25, 0.3) is 0 Å². The lowest BCUT2D eigenvalue weighted by Crippen LogP contribution is -2.43. The van der Waals surface area contributed by atoms with Gasteiger partial charge in [-0.1, -0.05) is 18.5 Å². The van der Waals surface area contributed by atoms with Crippen molar-refractivity contribution in [3.63, 3.8) is 0 Å². The number of sulfonamides is 1. The van der Waals surface area contributed by atoms with Crippen molar-refractivity contribution < 1.29 is 17.6 Å². The number of halogens is 2. The average Bonchev–Trinajstić information content (AvgIpc) is 2.53. The first-order chi connectivity index (χ1) is 11.3. The smallest absolute Gasteiger partial charge is 0.243 e.